The van der Waals surface area contributed by atoms with E-state index in [0.29, 0.717) is 0 Å². The Morgan fingerprint density at radius 2 is 1.50 bits per heavy atom. The number of hydrogen-bond donors (Lipinski definition) is 0. The maximum Gasteiger partial charge on any atom is 0.303 e. The molecule has 2 nitrogen and oxygen atoms in total. The minimum atomic E-state index is -0.568. The molecule has 0 unspecified atom stereocenters. The van der Waals surface area contributed by atoms with Gasteiger partial charge in [-0.25, -0.2) is 0 Å². The van der Waals surface area contributed by atoms with Gasteiger partial charge in [0.2, 0.25) is 0 Å². The van der Waals surface area contributed by atoms with Crippen LogP contribution < -0.4 is 0 Å². The number of hydrogen-bond acceptors (Lipinski definition) is 2. The van der Waals surface area contributed by atoms with Crippen LogP contribution >= 0.6 is 0 Å². The summed E-state index contributed by atoms with van der Waals surface area (Å²) >= 11 is 0. The van der Waals surface area contributed by atoms with E-state index < -0.39 is 10.0 Å². The van der Waals surface area contributed by atoms with Crippen molar-refractivity contribution in [3.05, 3.63) is 0 Å². The van der Waals surface area contributed by atoms with Crippen molar-refractivity contribution in [2.45, 2.75) is 0 Å². The Kier molecular flexibility index (Phi) is 14.4. The van der Waals surface area contributed by atoms with E-state index in [9.17, 15) is 0 Å². The Balaban J connectivity index is 0. The van der Waals surface area contributed by atoms with Crippen LogP contribution in [0.1, 0.15) is 0 Å². The summed E-state index contributed by atoms with van der Waals surface area (Å²) in [5, 5.41) is 0. The normalized spacial score (nSPS) is 7.00. The molecule has 0 aromatic rings. The molecule has 0 rings (SSSR count). The van der Waals surface area contributed by atoms with Gasteiger partial charge in [0.05, 0.1) is 0 Å². The molecule has 0 aliphatic heterocycles. The molecule has 0 bridgehead atoms. The monoisotopic (exact) mass is 120 g/mol. The number of rotatable bonds is 2. The molecule has 0 heterocycles. The first kappa shape index (κ1) is 9.61. The summed E-state index contributed by atoms with van der Waals surface area (Å²) in [6.07, 6.45) is 0. The van der Waals surface area contributed by atoms with E-state index in [1.807, 2.05) is 0 Å². The highest BCUT2D eigenvalue weighted by atomic mass is 28.3. The molecule has 0 spiro atoms. The largest absolute Gasteiger partial charge is 0.402 e. The third kappa shape index (κ3) is 8.84. The average molecular weight is 120 g/mol. The Labute approximate surface area is 44.9 Å². The molecule has 6 heavy (non-hydrogen) atoms. The van der Waals surface area contributed by atoms with Crippen molar-refractivity contribution in [3.8, 4) is 0 Å². The summed E-state index contributed by atoms with van der Waals surface area (Å²) in [7, 11) is 2.73. The van der Waals surface area contributed by atoms with Gasteiger partial charge in [-0.3, -0.25) is 0 Å². The third-order valence-electron chi connectivity index (χ3n) is 0.236. The van der Waals surface area contributed by atoms with Crippen LogP contribution in [0.15, 0.2) is 0 Å². The van der Waals surface area contributed by atoms with E-state index in [1.165, 1.54) is 0 Å². The van der Waals surface area contributed by atoms with Gasteiger partial charge >= 0.3 is 10.0 Å². The molecule has 0 aliphatic carbocycles. The SMILES string of the molecule is CO[SiH2]OC.[Si]. The molecule has 0 fully saturated rings. The third-order valence-corrected chi connectivity index (χ3v) is 0.707. The lowest BCUT2D eigenvalue weighted by Gasteiger charge is -1.86. The van der Waals surface area contributed by atoms with Crippen LogP contribution in [0.5, 0.6) is 0 Å². The van der Waals surface area contributed by atoms with Crippen molar-refractivity contribution in [2.75, 3.05) is 14.2 Å². The van der Waals surface area contributed by atoms with Gasteiger partial charge in [-0.2, -0.15) is 0 Å². The fourth-order valence-corrected chi connectivity index (χ4v) is 0.354. The highest BCUT2D eigenvalue weighted by Gasteiger charge is 1.67. The van der Waals surface area contributed by atoms with Crippen LogP contribution in [-0.2, 0) is 8.85 Å². The van der Waals surface area contributed by atoms with Crippen molar-refractivity contribution in [1.29, 1.82) is 0 Å². The predicted molar refractivity (Wildman–Crippen MR) is 28.3 cm³/mol. The first-order valence-electron chi connectivity index (χ1n) is 1.39. The zero-order valence-corrected chi connectivity index (χ0v) is 6.44. The van der Waals surface area contributed by atoms with Crippen LogP contribution in [0, 0.1) is 0 Å². The predicted octanol–water partition coefficient (Wildman–Crippen LogP) is -1.10. The summed E-state index contributed by atoms with van der Waals surface area (Å²) in [6, 6.07) is 0. The molecule has 0 saturated heterocycles. The second-order valence-electron chi connectivity index (χ2n) is 0.695. The molecular formula is C2H8O2Si2. The van der Waals surface area contributed by atoms with Gasteiger partial charge in [-0.15, -0.1) is 0 Å². The molecule has 36 valence electrons. The maximum atomic E-state index is 4.61. The summed E-state index contributed by atoms with van der Waals surface area (Å²) in [5.41, 5.74) is 0. The molecule has 0 aromatic carbocycles. The standard InChI is InChI=1S/C2H8O2Si.Si/c1-3-5-4-2;/h5H2,1-2H3;. The minimum Gasteiger partial charge on any atom is -0.402 e. The summed E-state index contributed by atoms with van der Waals surface area (Å²) in [5.74, 6) is 0. The molecule has 0 N–H and O–H groups in total. The zero-order valence-electron chi connectivity index (χ0n) is 4.02. The smallest absolute Gasteiger partial charge is 0.303 e. The average Bonchev–Trinajstić information content (AvgIpc) is 1.41. The fraction of sp³-hybridized carbons (Fsp3) is 1.00. The molecule has 4 radical (unpaired) electrons. The van der Waals surface area contributed by atoms with Gasteiger partial charge in [-0.1, -0.05) is 0 Å². The van der Waals surface area contributed by atoms with Crippen molar-refractivity contribution in [3.63, 3.8) is 0 Å². The molecule has 0 saturated carbocycles. The van der Waals surface area contributed by atoms with E-state index in [1.54, 1.807) is 14.2 Å². The van der Waals surface area contributed by atoms with Gasteiger partial charge in [0.15, 0.2) is 0 Å². The van der Waals surface area contributed by atoms with Crippen LogP contribution in [0.2, 0.25) is 0 Å². The van der Waals surface area contributed by atoms with E-state index in [-0.39, 0.29) is 11.0 Å². The lowest BCUT2D eigenvalue weighted by Crippen LogP contribution is -1.93. The lowest BCUT2D eigenvalue weighted by atomic mass is 11.8. The second-order valence-corrected chi connectivity index (χ2v) is 2.09. The van der Waals surface area contributed by atoms with Crippen LogP contribution in [0.25, 0.3) is 0 Å². The maximum absolute atomic E-state index is 4.61. The molecule has 0 aromatic heterocycles. The van der Waals surface area contributed by atoms with E-state index in [2.05, 4.69) is 8.85 Å². The second kappa shape index (κ2) is 9.02. The summed E-state index contributed by atoms with van der Waals surface area (Å²) < 4.78 is 9.22. The van der Waals surface area contributed by atoms with Crippen LogP contribution in [0.4, 0.5) is 0 Å². The Morgan fingerprint density at radius 1 is 1.17 bits per heavy atom. The van der Waals surface area contributed by atoms with Crippen molar-refractivity contribution >= 4 is 21.0 Å². The van der Waals surface area contributed by atoms with E-state index >= 15 is 0 Å². The Bertz CT molecular complexity index is 17.0. The van der Waals surface area contributed by atoms with Gasteiger partial charge in [0.1, 0.15) is 0 Å². The van der Waals surface area contributed by atoms with Crippen molar-refractivity contribution in [1.82, 2.24) is 0 Å². The minimum absolute atomic E-state index is 0. The Morgan fingerprint density at radius 3 is 1.50 bits per heavy atom. The molecule has 0 amide bonds. The van der Waals surface area contributed by atoms with Crippen LogP contribution in [-0.4, -0.2) is 35.2 Å². The molecule has 0 aliphatic rings. The topological polar surface area (TPSA) is 18.5 Å². The summed E-state index contributed by atoms with van der Waals surface area (Å²) in [6.45, 7) is 0. The first-order valence-corrected chi connectivity index (χ1v) is 2.55. The fourth-order valence-electron chi connectivity index (χ4n) is 0.118. The molecule has 4 heteroatoms. The van der Waals surface area contributed by atoms with Gasteiger partial charge < -0.3 is 8.85 Å². The quantitative estimate of drug-likeness (QED) is 0.431. The van der Waals surface area contributed by atoms with E-state index in [0.717, 1.165) is 0 Å². The lowest BCUT2D eigenvalue weighted by molar-refractivity contribution is 0.309. The van der Waals surface area contributed by atoms with Crippen LogP contribution in [0.3, 0.4) is 0 Å². The summed E-state index contributed by atoms with van der Waals surface area (Å²) in [4.78, 5) is 0. The van der Waals surface area contributed by atoms with E-state index in [4.69, 9.17) is 0 Å². The van der Waals surface area contributed by atoms with Gasteiger partial charge in [0.25, 0.3) is 0 Å². The molecular weight excluding hydrogens is 112 g/mol. The van der Waals surface area contributed by atoms with Gasteiger partial charge in [-0.05, 0) is 0 Å². The Hall–Kier alpha value is 0.354. The van der Waals surface area contributed by atoms with Crippen molar-refractivity contribution < 1.29 is 8.85 Å². The highest BCUT2D eigenvalue weighted by molar-refractivity contribution is 6.17. The molecule has 0 atom stereocenters. The van der Waals surface area contributed by atoms with Crippen molar-refractivity contribution in [2.24, 2.45) is 0 Å². The zero-order chi connectivity index (χ0) is 4.12. The first-order chi connectivity index (χ1) is 2.41. The highest BCUT2D eigenvalue weighted by Crippen LogP contribution is 1.55. The van der Waals surface area contributed by atoms with Gasteiger partial charge in [0, 0.05) is 25.2 Å².